The number of nitrogens with zero attached hydrogens (tertiary/aromatic N) is 1. The lowest BCUT2D eigenvalue weighted by molar-refractivity contribution is 0.574. The van der Waals surface area contributed by atoms with E-state index in [1.165, 1.54) is 10.9 Å². The van der Waals surface area contributed by atoms with Crippen molar-refractivity contribution < 1.29 is 4.39 Å². The third-order valence-corrected chi connectivity index (χ3v) is 4.27. The zero-order valence-corrected chi connectivity index (χ0v) is 12.1. The highest BCUT2D eigenvalue weighted by Crippen LogP contribution is 2.24. The van der Waals surface area contributed by atoms with Crippen LogP contribution in [-0.4, -0.2) is 4.98 Å². The second-order valence-corrected chi connectivity index (χ2v) is 5.88. The van der Waals surface area contributed by atoms with E-state index in [9.17, 15) is 4.39 Å². The molecule has 0 saturated heterocycles. The Morgan fingerprint density at radius 3 is 2.74 bits per heavy atom. The van der Waals surface area contributed by atoms with Crippen LogP contribution in [-0.2, 0) is 6.54 Å². The molecular weight excluding hydrogens is 261 g/mol. The molecule has 1 heterocycles. The fourth-order valence-corrected chi connectivity index (χ4v) is 2.95. The first-order chi connectivity index (χ1) is 8.97. The average molecular weight is 279 g/mol. The van der Waals surface area contributed by atoms with Crippen LogP contribution >= 0.6 is 11.3 Å². The highest BCUT2D eigenvalue weighted by atomic mass is 32.1. The number of rotatable bonds is 4. The summed E-state index contributed by atoms with van der Waals surface area (Å²) < 4.78 is 13.3. The molecule has 0 aliphatic carbocycles. The lowest BCUT2D eigenvalue weighted by Crippen LogP contribution is -2.18. The number of hydrogen-bond donors (Lipinski definition) is 2. The van der Waals surface area contributed by atoms with Gasteiger partial charge in [0.25, 0.3) is 0 Å². The topological polar surface area (TPSA) is 50.9 Å². The van der Waals surface area contributed by atoms with Gasteiger partial charge in [0.2, 0.25) is 0 Å². The van der Waals surface area contributed by atoms with Crippen LogP contribution in [0.5, 0.6) is 0 Å². The predicted octanol–water partition coefficient (Wildman–Crippen LogP) is 3.33. The minimum absolute atomic E-state index is 0.186. The number of nitrogen functional groups attached to an aromatic ring is 1. The highest BCUT2D eigenvalue weighted by Gasteiger charge is 2.12. The van der Waals surface area contributed by atoms with E-state index in [2.05, 4.69) is 17.2 Å². The molecule has 5 heteroatoms. The fraction of sp³-hybridized carbons (Fsp3) is 0.357. The van der Waals surface area contributed by atoms with Crippen LogP contribution in [0, 0.1) is 19.7 Å². The van der Waals surface area contributed by atoms with E-state index in [1.54, 1.807) is 17.4 Å². The van der Waals surface area contributed by atoms with Crippen molar-refractivity contribution in [3.8, 4) is 0 Å². The maximum Gasteiger partial charge on any atom is 0.146 e. The van der Waals surface area contributed by atoms with E-state index in [0.717, 1.165) is 16.3 Å². The van der Waals surface area contributed by atoms with Gasteiger partial charge in [-0.05, 0) is 38.5 Å². The SMILES string of the molecule is Cc1nc(C)c(C(C)NCc2ccc(N)c(F)c2)s1. The molecule has 1 unspecified atom stereocenters. The van der Waals surface area contributed by atoms with Crippen molar-refractivity contribution in [2.75, 3.05) is 5.73 Å². The van der Waals surface area contributed by atoms with Crippen molar-refractivity contribution >= 4 is 17.0 Å². The number of anilines is 1. The number of hydrogen-bond acceptors (Lipinski definition) is 4. The number of aromatic nitrogens is 1. The summed E-state index contributed by atoms with van der Waals surface area (Å²) in [6, 6.07) is 5.11. The van der Waals surface area contributed by atoms with Gasteiger partial charge in [0.15, 0.2) is 0 Å². The van der Waals surface area contributed by atoms with E-state index in [-0.39, 0.29) is 17.5 Å². The molecule has 3 nitrogen and oxygen atoms in total. The van der Waals surface area contributed by atoms with Crippen molar-refractivity contribution in [3.05, 3.63) is 45.2 Å². The average Bonchev–Trinajstić information content (AvgIpc) is 2.70. The molecule has 1 atom stereocenters. The van der Waals surface area contributed by atoms with Crippen molar-refractivity contribution in [1.82, 2.24) is 10.3 Å². The Labute approximate surface area is 116 Å². The van der Waals surface area contributed by atoms with E-state index in [4.69, 9.17) is 5.73 Å². The Hall–Kier alpha value is -1.46. The molecule has 1 aromatic carbocycles. The van der Waals surface area contributed by atoms with Crippen LogP contribution < -0.4 is 11.1 Å². The molecule has 3 N–H and O–H groups in total. The fourth-order valence-electron chi connectivity index (χ4n) is 1.99. The molecule has 1 aromatic heterocycles. The summed E-state index contributed by atoms with van der Waals surface area (Å²) in [7, 11) is 0. The lowest BCUT2D eigenvalue weighted by atomic mass is 10.1. The van der Waals surface area contributed by atoms with E-state index in [0.29, 0.717) is 6.54 Å². The summed E-state index contributed by atoms with van der Waals surface area (Å²) in [6.07, 6.45) is 0. The molecule has 0 saturated carbocycles. The third kappa shape index (κ3) is 3.30. The molecule has 2 aromatic rings. The Kier molecular flexibility index (Phi) is 4.17. The summed E-state index contributed by atoms with van der Waals surface area (Å²) >= 11 is 1.70. The minimum atomic E-state index is -0.364. The molecule has 2 rings (SSSR count). The largest absolute Gasteiger partial charge is 0.396 e. The van der Waals surface area contributed by atoms with Gasteiger partial charge < -0.3 is 11.1 Å². The molecule has 0 bridgehead atoms. The van der Waals surface area contributed by atoms with Crippen LogP contribution in [0.25, 0.3) is 0 Å². The first-order valence-electron chi connectivity index (χ1n) is 6.18. The first kappa shape index (κ1) is 14.0. The van der Waals surface area contributed by atoms with Gasteiger partial charge in [-0.3, -0.25) is 0 Å². The number of thiazole rings is 1. The minimum Gasteiger partial charge on any atom is -0.396 e. The van der Waals surface area contributed by atoms with Crippen LogP contribution in [0.15, 0.2) is 18.2 Å². The predicted molar refractivity (Wildman–Crippen MR) is 77.7 cm³/mol. The smallest absolute Gasteiger partial charge is 0.146 e. The van der Waals surface area contributed by atoms with Crippen molar-refractivity contribution in [2.45, 2.75) is 33.4 Å². The standard InChI is InChI=1S/C14H18FN3S/c1-8(14-9(2)18-10(3)19-14)17-7-11-4-5-13(16)12(15)6-11/h4-6,8,17H,7,16H2,1-3H3. The third-order valence-electron chi connectivity index (χ3n) is 3.01. The van der Waals surface area contributed by atoms with E-state index in [1.807, 2.05) is 19.9 Å². The van der Waals surface area contributed by atoms with Crippen molar-refractivity contribution in [3.63, 3.8) is 0 Å². The summed E-state index contributed by atoms with van der Waals surface area (Å²) in [5.41, 5.74) is 7.59. The van der Waals surface area contributed by atoms with Crippen LogP contribution in [0.2, 0.25) is 0 Å². The summed E-state index contributed by atoms with van der Waals surface area (Å²) in [5.74, 6) is -0.364. The van der Waals surface area contributed by atoms with Gasteiger partial charge in [-0.15, -0.1) is 11.3 Å². The van der Waals surface area contributed by atoms with Crippen molar-refractivity contribution in [2.24, 2.45) is 0 Å². The molecule has 0 radical (unpaired) electrons. The van der Waals surface area contributed by atoms with Gasteiger partial charge in [-0.25, -0.2) is 9.37 Å². The molecule has 0 fully saturated rings. The second kappa shape index (κ2) is 5.67. The van der Waals surface area contributed by atoms with Gasteiger partial charge in [-0.1, -0.05) is 6.07 Å². The number of aryl methyl sites for hydroxylation is 2. The Morgan fingerprint density at radius 2 is 2.16 bits per heavy atom. The van der Waals surface area contributed by atoms with Gasteiger partial charge in [-0.2, -0.15) is 0 Å². The molecular formula is C14H18FN3S. The monoisotopic (exact) mass is 279 g/mol. The number of halogens is 1. The van der Waals surface area contributed by atoms with Gasteiger partial charge in [0.05, 0.1) is 16.4 Å². The van der Waals surface area contributed by atoms with E-state index >= 15 is 0 Å². The molecule has 0 spiro atoms. The first-order valence-corrected chi connectivity index (χ1v) is 7.00. The zero-order valence-electron chi connectivity index (χ0n) is 11.3. The van der Waals surface area contributed by atoms with Crippen LogP contribution in [0.3, 0.4) is 0 Å². The summed E-state index contributed by atoms with van der Waals surface area (Å²) in [6.45, 7) is 6.71. The van der Waals surface area contributed by atoms with Gasteiger partial charge >= 0.3 is 0 Å². The summed E-state index contributed by atoms with van der Waals surface area (Å²) in [4.78, 5) is 5.64. The number of nitrogens with two attached hydrogens (primary N) is 1. The van der Waals surface area contributed by atoms with Crippen LogP contribution in [0.1, 0.15) is 34.1 Å². The molecule has 19 heavy (non-hydrogen) atoms. The number of nitrogens with one attached hydrogen (secondary N) is 1. The number of benzene rings is 1. The Balaban J connectivity index is 2.02. The van der Waals surface area contributed by atoms with Gasteiger partial charge in [0, 0.05) is 17.5 Å². The second-order valence-electron chi connectivity index (χ2n) is 4.64. The molecule has 0 aliphatic heterocycles. The summed E-state index contributed by atoms with van der Waals surface area (Å²) in [5, 5.41) is 4.45. The molecule has 102 valence electrons. The normalized spacial score (nSPS) is 12.6. The van der Waals surface area contributed by atoms with E-state index < -0.39 is 0 Å². The quantitative estimate of drug-likeness (QED) is 0.844. The van der Waals surface area contributed by atoms with Crippen LogP contribution in [0.4, 0.5) is 10.1 Å². The molecule has 0 aliphatic rings. The maximum atomic E-state index is 13.3. The zero-order chi connectivity index (χ0) is 14.0. The van der Waals surface area contributed by atoms with Gasteiger partial charge in [0.1, 0.15) is 5.82 Å². The maximum absolute atomic E-state index is 13.3. The lowest BCUT2D eigenvalue weighted by Gasteiger charge is -2.13. The Bertz CT molecular complexity index is 580. The molecule has 0 amide bonds. The highest BCUT2D eigenvalue weighted by molar-refractivity contribution is 7.11. The Morgan fingerprint density at radius 1 is 1.42 bits per heavy atom. The van der Waals surface area contributed by atoms with Crippen molar-refractivity contribution in [1.29, 1.82) is 0 Å².